The number of hydrogen-bond acceptors (Lipinski definition) is 5. The summed E-state index contributed by atoms with van der Waals surface area (Å²) in [5.74, 6) is 0.652. The Labute approximate surface area is 57.0 Å². The monoisotopic (exact) mass is 147 g/mol. The molecule has 0 aliphatic carbocycles. The van der Waals surface area contributed by atoms with Crippen LogP contribution in [0.25, 0.3) is 0 Å². The molecule has 1 aliphatic heterocycles. The molecule has 0 aromatic heterocycles. The van der Waals surface area contributed by atoms with E-state index in [-0.39, 0.29) is 5.84 Å². The smallest absolute Gasteiger partial charge is 0.150 e. The summed E-state index contributed by atoms with van der Waals surface area (Å²) in [7, 11) is 0. The van der Waals surface area contributed by atoms with E-state index in [9.17, 15) is 0 Å². The summed E-state index contributed by atoms with van der Waals surface area (Å²) in [5, 5.41) is 3.56. The van der Waals surface area contributed by atoms with Gasteiger partial charge in [0.05, 0.1) is 11.8 Å². The van der Waals surface area contributed by atoms with Crippen LogP contribution in [0.1, 0.15) is 0 Å². The molecule has 9 heavy (non-hydrogen) atoms. The maximum Gasteiger partial charge on any atom is 0.150 e. The molecule has 0 radical (unpaired) electrons. The number of halogens is 1. The molecule has 1 heterocycles. The Morgan fingerprint density at radius 1 is 1.67 bits per heavy atom. The minimum atomic E-state index is 0.279. The Balaban J connectivity index is 2.74. The molecule has 0 spiro atoms. The molecule has 0 bridgehead atoms. The van der Waals surface area contributed by atoms with Gasteiger partial charge in [0, 0.05) is 6.08 Å². The molecule has 0 amide bonds. The van der Waals surface area contributed by atoms with Crippen molar-refractivity contribution in [3.05, 3.63) is 11.9 Å². The Hall–Kier alpha value is -1.10. The molecule has 0 unspecified atom stereocenters. The first kappa shape index (κ1) is 6.03. The fourth-order valence-corrected chi connectivity index (χ4v) is 0.638. The molecule has 0 aromatic carbocycles. The van der Waals surface area contributed by atoms with Gasteiger partial charge in [-0.05, 0) is 0 Å². The van der Waals surface area contributed by atoms with Gasteiger partial charge in [0.25, 0.3) is 0 Å². The van der Waals surface area contributed by atoms with Crippen LogP contribution in [0, 0.1) is 0 Å². The lowest BCUT2D eigenvalue weighted by atomic mass is 10.5. The van der Waals surface area contributed by atoms with Crippen molar-refractivity contribution in [2.24, 2.45) is 16.6 Å². The predicted molar refractivity (Wildman–Crippen MR) is 34.7 cm³/mol. The van der Waals surface area contributed by atoms with Crippen molar-refractivity contribution in [2.45, 2.75) is 0 Å². The lowest BCUT2D eigenvalue weighted by Gasteiger charge is -2.16. The molecular weight excluding hydrogens is 142 g/mol. The van der Waals surface area contributed by atoms with Crippen molar-refractivity contribution < 1.29 is 0 Å². The first-order valence-electron chi connectivity index (χ1n) is 2.22. The average molecular weight is 148 g/mol. The van der Waals surface area contributed by atoms with Gasteiger partial charge in [-0.15, -0.1) is 9.74 Å². The highest BCUT2D eigenvalue weighted by atomic mass is 35.5. The van der Waals surface area contributed by atoms with Gasteiger partial charge in [0.2, 0.25) is 0 Å². The van der Waals surface area contributed by atoms with E-state index >= 15 is 0 Å². The highest BCUT2D eigenvalue weighted by molar-refractivity contribution is 6.13. The third-order valence-electron chi connectivity index (χ3n) is 0.728. The zero-order valence-electron chi connectivity index (χ0n) is 4.50. The number of nitrogens with one attached hydrogen (secondary N) is 1. The first-order valence-corrected chi connectivity index (χ1v) is 2.56. The highest BCUT2D eigenvalue weighted by Gasteiger charge is 2.03. The summed E-state index contributed by atoms with van der Waals surface area (Å²) in [6, 6.07) is 0. The van der Waals surface area contributed by atoms with Gasteiger partial charge < -0.3 is 11.5 Å². The van der Waals surface area contributed by atoms with Gasteiger partial charge in [0.1, 0.15) is 5.82 Å². The fraction of sp³-hybridized carbons (Fsp3) is 0. The molecule has 0 aromatic rings. The van der Waals surface area contributed by atoms with Crippen molar-refractivity contribution in [3.8, 4) is 0 Å². The SMILES string of the molecule is NC1=CC(N)=NN(Cl)N1. The van der Waals surface area contributed by atoms with E-state index in [1.54, 1.807) is 0 Å². The molecule has 5 nitrogen and oxygen atoms in total. The second-order valence-electron chi connectivity index (χ2n) is 1.50. The Morgan fingerprint density at radius 2 is 2.33 bits per heavy atom. The van der Waals surface area contributed by atoms with Gasteiger partial charge in [0.15, 0.2) is 5.84 Å². The maximum atomic E-state index is 5.34. The van der Waals surface area contributed by atoms with Crippen LogP contribution in [0.4, 0.5) is 0 Å². The summed E-state index contributed by atoms with van der Waals surface area (Å²) in [6.45, 7) is 0. The van der Waals surface area contributed by atoms with Crippen LogP contribution in [-0.2, 0) is 0 Å². The number of hydrazine groups is 1. The van der Waals surface area contributed by atoms with Crippen LogP contribution in [0.3, 0.4) is 0 Å². The van der Waals surface area contributed by atoms with E-state index < -0.39 is 0 Å². The highest BCUT2D eigenvalue weighted by Crippen LogP contribution is 1.96. The third-order valence-corrected chi connectivity index (χ3v) is 0.888. The molecule has 0 saturated carbocycles. The average Bonchev–Trinajstić information content (AvgIpc) is 1.59. The standard InChI is InChI=1S/C3H6ClN5/c4-9-7-2(5)1-3(6)8-9/h1,7H,5H2,(H2,6,8). The summed E-state index contributed by atoms with van der Waals surface area (Å²) in [6.07, 6.45) is 1.47. The molecule has 0 fully saturated rings. The zero-order chi connectivity index (χ0) is 6.85. The normalized spacial score (nSPS) is 18.1. The molecule has 6 heteroatoms. The van der Waals surface area contributed by atoms with Crippen LogP contribution >= 0.6 is 11.8 Å². The van der Waals surface area contributed by atoms with E-state index in [0.29, 0.717) is 5.82 Å². The number of amidine groups is 1. The predicted octanol–water partition coefficient (Wildman–Crippen LogP) is -0.967. The minimum absolute atomic E-state index is 0.279. The molecule has 0 saturated heterocycles. The Bertz CT molecular complexity index is 173. The van der Waals surface area contributed by atoms with Gasteiger partial charge >= 0.3 is 0 Å². The van der Waals surface area contributed by atoms with Crippen molar-refractivity contribution >= 4 is 17.6 Å². The molecule has 5 N–H and O–H groups in total. The van der Waals surface area contributed by atoms with Crippen molar-refractivity contribution in [1.29, 1.82) is 0 Å². The van der Waals surface area contributed by atoms with E-state index in [0.717, 1.165) is 4.64 Å². The first-order chi connectivity index (χ1) is 4.18. The van der Waals surface area contributed by atoms with Crippen molar-refractivity contribution in [3.63, 3.8) is 0 Å². The van der Waals surface area contributed by atoms with E-state index in [1.165, 1.54) is 6.08 Å². The second-order valence-corrected chi connectivity index (χ2v) is 1.82. The summed E-state index contributed by atoms with van der Waals surface area (Å²) < 4.78 is 0.921. The van der Waals surface area contributed by atoms with Gasteiger partial charge in [-0.2, -0.15) is 0 Å². The van der Waals surface area contributed by atoms with Crippen LogP contribution in [0.15, 0.2) is 17.0 Å². The number of nitrogens with zero attached hydrogens (tertiary/aromatic N) is 2. The molecule has 50 valence electrons. The molecule has 0 atom stereocenters. The van der Waals surface area contributed by atoms with Gasteiger partial charge in [-0.25, -0.2) is 0 Å². The van der Waals surface area contributed by atoms with Crippen LogP contribution in [0.2, 0.25) is 0 Å². The largest absolute Gasteiger partial charge is 0.384 e. The third kappa shape index (κ3) is 1.39. The lowest BCUT2D eigenvalue weighted by molar-refractivity contribution is 0.389. The van der Waals surface area contributed by atoms with Gasteiger partial charge in [-0.3, -0.25) is 5.43 Å². The molecule has 1 rings (SSSR count). The number of hydrogen-bond donors (Lipinski definition) is 3. The fourth-order valence-electron chi connectivity index (χ4n) is 0.453. The summed E-state index contributed by atoms with van der Waals surface area (Å²) in [5.41, 5.74) is 13.0. The second kappa shape index (κ2) is 2.02. The van der Waals surface area contributed by atoms with Crippen molar-refractivity contribution in [1.82, 2.24) is 10.1 Å². The van der Waals surface area contributed by atoms with Gasteiger partial charge in [-0.1, -0.05) is 0 Å². The number of rotatable bonds is 0. The van der Waals surface area contributed by atoms with Crippen LogP contribution in [0.5, 0.6) is 0 Å². The van der Waals surface area contributed by atoms with Crippen LogP contribution in [-0.4, -0.2) is 10.5 Å². The number of hydrazone groups is 1. The quantitative estimate of drug-likeness (QED) is 0.386. The van der Waals surface area contributed by atoms with E-state index in [1.807, 2.05) is 0 Å². The Morgan fingerprint density at radius 3 is 2.78 bits per heavy atom. The van der Waals surface area contributed by atoms with E-state index in [2.05, 4.69) is 10.5 Å². The van der Waals surface area contributed by atoms with Crippen molar-refractivity contribution in [2.75, 3.05) is 0 Å². The number of nitrogens with two attached hydrogens (primary N) is 2. The molecule has 1 aliphatic rings. The minimum Gasteiger partial charge on any atom is -0.384 e. The van der Waals surface area contributed by atoms with Crippen LogP contribution < -0.4 is 16.9 Å². The summed E-state index contributed by atoms with van der Waals surface area (Å²) in [4.78, 5) is 0. The van der Waals surface area contributed by atoms with E-state index in [4.69, 9.17) is 23.2 Å². The lowest BCUT2D eigenvalue weighted by Crippen LogP contribution is -2.35. The summed E-state index contributed by atoms with van der Waals surface area (Å²) >= 11 is 5.34. The zero-order valence-corrected chi connectivity index (χ0v) is 5.26. The topological polar surface area (TPSA) is 79.7 Å². The molecular formula is C3H6ClN5. The Kier molecular flexibility index (Phi) is 1.35. The maximum absolute atomic E-state index is 5.34.